The van der Waals surface area contributed by atoms with E-state index in [2.05, 4.69) is 0 Å². The molecular formula is C17H16Cl2O2. The van der Waals surface area contributed by atoms with Gasteiger partial charge in [-0.25, -0.2) is 0 Å². The normalized spacial score (nSPS) is 12.2. The molecule has 0 saturated heterocycles. The fourth-order valence-electron chi connectivity index (χ4n) is 2.23. The lowest BCUT2D eigenvalue weighted by Crippen LogP contribution is -2.14. The Balaban J connectivity index is 2.32. The molecule has 1 N–H and O–H groups in total. The van der Waals surface area contributed by atoms with Gasteiger partial charge in [0, 0.05) is 0 Å². The first-order valence-electron chi connectivity index (χ1n) is 6.62. The molecule has 1 unspecified atom stereocenters. The maximum absolute atomic E-state index is 11.6. The van der Waals surface area contributed by atoms with Crippen molar-refractivity contribution in [3.63, 3.8) is 0 Å². The van der Waals surface area contributed by atoms with Gasteiger partial charge < -0.3 is 5.11 Å². The highest BCUT2D eigenvalue weighted by atomic mass is 35.5. The van der Waals surface area contributed by atoms with Crippen LogP contribution < -0.4 is 0 Å². The van der Waals surface area contributed by atoms with Gasteiger partial charge in [-0.05, 0) is 54.7 Å². The van der Waals surface area contributed by atoms with E-state index in [0.717, 1.165) is 22.3 Å². The highest BCUT2D eigenvalue weighted by molar-refractivity contribution is 6.42. The Bertz CT molecular complexity index is 680. The molecule has 2 nitrogen and oxygen atoms in total. The summed E-state index contributed by atoms with van der Waals surface area (Å²) in [6, 6.07) is 11.0. The predicted molar refractivity (Wildman–Crippen MR) is 86.5 cm³/mol. The lowest BCUT2D eigenvalue weighted by atomic mass is 9.90. The van der Waals surface area contributed by atoms with E-state index in [0.29, 0.717) is 16.5 Å². The molecule has 0 aliphatic carbocycles. The number of rotatable bonds is 4. The van der Waals surface area contributed by atoms with Crippen LogP contribution in [-0.4, -0.2) is 11.1 Å². The van der Waals surface area contributed by atoms with E-state index in [1.807, 2.05) is 38.1 Å². The van der Waals surface area contributed by atoms with E-state index in [1.54, 1.807) is 12.1 Å². The Morgan fingerprint density at radius 3 is 2.33 bits per heavy atom. The molecule has 0 amide bonds. The number of carboxylic acid groups (broad SMARTS) is 1. The van der Waals surface area contributed by atoms with Crippen LogP contribution in [0.5, 0.6) is 0 Å². The molecule has 0 aliphatic heterocycles. The molecule has 0 radical (unpaired) electrons. The molecule has 0 heterocycles. The molecular weight excluding hydrogens is 307 g/mol. The lowest BCUT2D eigenvalue weighted by Gasteiger charge is -2.15. The Hall–Kier alpha value is -1.51. The van der Waals surface area contributed by atoms with Crippen LogP contribution in [0, 0.1) is 13.8 Å². The standard InChI is InChI=1S/C17H16Cl2O2/c1-10-3-5-13(7-11(10)2)14(17(20)21)8-12-4-6-15(18)16(19)9-12/h3-7,9,14H,8H2,1-2H3,(H,20,21). The van der Waals surface area contributed by atoms with Crippen molar-refractivity contribution in [3.8, 4) is 0 Å². The summed E-state index contributed by atoms with van der Waals surface area (Å²) in [6.07, 6.45) is 0.384. The van der Waals surface area contributed by atoms with Gasteiger partial charge in [-0.15, -0.1) is 0 Å². The van der Waals surface area contributed by atoms with Gasteiger partial charge in [-0.3, -0.25) is 4.79 Å². The molecule has 1 atom stereocenters. The van der Waals surface area contributed by atoms with E-state index in [9.17, 15) is 9.90 Å². The third kappa shape index (κ3) is 3.78. The van der Waals surface area contributed by atoms with Crippen LogP contribution in [0.1, 0.15) is 28.2 Å². The van der Waals surface area contributed by atoms with Crippen LogP contribution in [-0.2, 0) is 11.2 Å². The summed E-state index contributed by atoms with van der Waals surface area (Å²) in [5.41, 5.74) is 3.90. The second-order valence-corrected chi connectivity index (χ2v) is 6.00. The average molecular weight is 323 g/mol. The van der Waals surface area contributed by atoms with Gasteiger partial charge in [0.1, 0.15) is 0 Å². The number of hydrogen-bond donors (Lipinski definition) is 1. The van der Waals surface area contributed by atoms with Crippen molar-refractivity contribution < 1.29 is 9.90 Å². The molecule has 110 valence electrons. The summed E-state index contributed by atoms with van der Waals surface area (Å²) >= 11 is 11.9. The minimum absolute atomic E-state index is 0.384. The van der Waals surface area contributed by atoms with Crippen LogP contribution >= 0.6 is 23.2 Å². The van der Waals surface area contributed by atoms with Gasteiger partial charge in [0.15, 0.2) is 0 Å². The quantitative estimate of drug-likeness (QED) is 0.857. The van der Waals surface area contributed by atoms with Crippen molar-refractivity contribution in [2.75, 3.05) is 0 Å². The zero-order valence-corrected chi connectivity index (χ0v) is 13.4. The van der Waals surface area contributed by atoms with Crippen molar-refractivity contribution in [1.29, 1.82) is 0 Å². The van der Waals surface area contributed by atoms with Crippen LogP contribution in [0.4, 0.5) is 0 Å². The summed E-state index contributed by atoms with van der Waals surface area (Å²) in [7, 11) is 0. The number of aliphatic carboxylic acids is 1. The van der Waals surface area contributed by atoms with Gasteiger partial charge in [-0.1, -0.05) is 47.5 Å². The maximum Gasteiger partial charge on any atom is 0.311 e. The topological polar surface area (TPSA) is 37.3 Å². The van der Waals surface area contributed by atoms with Crippen LogP contribution in [0.25, 0.3) is 0 Å². The second-order valence-electron chi connectivity index (χ2n) is 5.19. The highest BCUT2D eigenvalue weighted by Gasteiger charge is 2.21. The van der Waals surface area contributed by atoms with E-state index in [1.165, 1.54) is 0 Å². The van der Waals surface area contributed by atoms with Gasteiger partial charge in [0.2, 0.25) is 0 Å². The van der Waals surface area contributed by atoms with Crippen LogP contribution in [0.3, 0.4) is 0 Å². The summed E-state index contributed by atoms with van der Waals surface area (Å²) in [6.45, 7) is 3.99. The van der Waals surface area contributed by atoms with Gasteiger partial charge in [0.05, 0.1) is 16.0 Å². The second kappa shape index (κ2) is 6.50. The molecule has 0 saturated carbocycles. The average Bonchev–Trinajstić information content (AvgIpc) is 2.43. The number of hydrogen-bond acceptors (Lipinski definition) is 1. The Morgan fingerprint density at radius 1 is 1.05 bits per heavy atom. The molecule has 2 aromatic rings. The molecule has 4 heteroatoms. The summed E-state index contributed by atoms with van der Waals surface area (Å²) < 4.78 is 0. The molecule has 21 heavy (non-hydrogen) atoms. The van der Waals surface area contributed by atoms with Crippen molar-refractivity contribution >= 4 is 29.2 Å². The summed E-state index contributed by atoms with van der Waals surface area (Å²) in [4.78, 5) is 11.6. The third-order valence-corrected chi connectivity index (χ3v) is 4.39. The Morgan fingerprint density at radius 2 is 1.76 bits per heavy atom. The van der Waals surface area contributed by atoms with Crippen LogP contribution in [0.15, 0.2) is 36.4 Å². The zero-order valence-electron chi connectivity index (χ0n) is 11.9. The molecule has 2 rings (SSSR count). The molecule has 2 aromatic carbocycles. The highest BCUT2D eigenvalue weighted by Crippen LogP contribution is 2.27. The molecule has 0 aromatic heterocycles. The van der Waals surface area contributed by atoms with Gasteiger partial charge in [-0.2, -0.15) is 0 Å². The Labute approximate surface area is 134 Å². The van der Waals surface area contributed by atoms with Crippen molar-refractivity contribution in [2.45, 2.75) is 26.2 Å². The fraction of sp³-hybridized carbons (Fsp3) is 0.235. The largest absolute Gasteiger partial charge is 0.481 e. The van der Waals surface area contributed by atoms with E-state index in [-0.39, 0.29) is 0 Å². The van der Waals surface area contributed by atoms with Crippen LogP contribution in [0.2, 0.25) is 10.0 Å². The summed E-state index contributed by atoms with van der Waals surface area (Å²) in [5.74, 6) is -1.44. The van der Waals surface area contributed by atoms with Crippen molar-refractivity contribution in [1.82, 2.24) is 0 Å². The predicted octanol–water partition coefficient (Wildman–Crippen LogP) is 5.02. The number of halogens is 2. The molecule has 0 spiro atoms. The SMILES string of the molecule is Cc1ccc(C(Cc2ccc(Cl)c(Cl)c2)C(=O)O)cc1C. The van der Waals surface area contributed by atoms with E-state index >= 15 is 0 Å². The minimum atomic E-state index is -0.843. The third-order valence-electron chi connectivity index (χ3n) is 3.66. The van der Waals surface area contributed by atoms with Gasteiger partial charge in [0.25, 0.3) is 0 Å². The monoisotopic (exact) mass is 322 g/mol. The first-order valence-corrected chi connectivity index (χ1v) is 7.38. The first kappa shape index (κ1) is 15.9. The maximum atomic E-state index is 11.6. The smallest absolute Gasteiger partial charge is 0.311 e. The number of carbonyl (C=O) groups is 1. The van der Waals surface area contributed by atoms with E-state index < -0.39 is 11.9 Å². The fourth-order valence-corrected chi connectivity index (χ4v) is 2.55. The van der Waals surface area contributed by atoms with E-state index in [4.69, 9.17) is 23.2 Å². The molecule has 0 bridgehead atoms. The first-order chi connectivity index (χ1) is 9.88. The van der Waals surface area contributed by atoms with Crippen molar-refractivity contribution in [3.05, 3.63) is 68.7 Å². The zero-order chi connectivity index (χ0) is 15.6. The van der Waals surface area contributed by atoms with Crippen molar-refractivity contribution in [2.24, 2.45) is 0 Å². The lowest BCUT2D eigenvalue weighted by molar-refractivity contribution is -0.138. The minimum Gasteiger partial charge on any atom is -0.481 e. The number of carboxylic acids is 1. The Kier molecular flexibility index (Phi) is 4.92. The number of benzene rings is 2. The number of aryl methyl sites for hydroxylation is 2. The van der Waals surface area contributed by atoms with Gasteiger partial charge >= 0.3 is 5.97 Å². The summed E-state index contributed by atoms with van der Waals surface area (Å²) in [5, 5.41) is 10.4. The molecule has 0 aliphatic rings. The molecule has 0 fully saturated rings.